The molecule has 0 aliphatic rings. The number of hydrogen-bond acceptors (Lipinski definition) is 6. The summed E-state index contributed by atoms with van der Waals surface area (Å²) in [5, 5.41) is 0. The van der Waals surface area contributed by atoms with Crippen LogP contribution >= 0.6 is 0 Å². The Hall–Kier alpha value is -2.90. The standard InChI is InChI=1S/C15H18N2O6/c1-5-23-14(18)12-11(16-15(19)17-12)8-6-9(20-2)13(22-4)10(7-8)21-3/h6-7H,5H2,1-4H3,(H2,16,17,19). The van der Waals surface area contributed by atoms with Gasteiger partial charge in [0.25, 0.3) is 0 Å². The molecule has 1 aromatic heterocycles. The van der Waals surface area contributed by atoms with Gasteiger partial charge in [-0.05, 0) is 19.1 Å². The van der Waals surface area contributed by atoms with Gasteiger partial charge in [0.1, 0.15) is 0 Å². The number of ether oxygens (including phenoxy) is 4. The molecule has 0 radical (unpaired) electrons. The fourth-order valence-corrected chi connectivity index (χ4v) is 2.18. The average Bonchev–Trinajstić information content (AvgIpc) is 2.95. The Kier molecular flexibility index (Phi) is 4.95. The highest BCUT2D eigenvalue weighted by Crippen LogP contribution is 2.41. The van der Waals surface area contributed by atoms with E-state index in [0.29, 0.717) is 22.8 Å². The minimum atomic E-state index is -0.630. The summed E-state index contributed by atoms with van der Waals surface area (Å²) in [6.07, 6.45) is 0. The Morgan fingerprint density at radius 3 is 2.13 bits per heavy atom. The number of aromatic nitrogens is 2. The first-order chi connectivity index (χ1) is 11.0. The van der Waals surface area contributed by atoms with Crippen molar-refractivity contribution in [3.8, 4) is 28.5 Å². The maximum Gasteiger partial charge on any atom is 0.357 e. The number of rotatable bonds is 6. The lowest BCUT2D eigenvalue weighted by Gasteiger charge is -2.14. The van der Waals surface area contributed by atoms with Gasteiger partial charge >= 0.3 is 11.7 Å². The zero-order valence-corrected chi connectivity index (χ0v) is 13.3. The first-order valence-corrected chi connectivity index (χ1v) is 6.85. The Morgan fingerprint density at radius 1 is 1.04 bits per heavy atom. The molecule has 8 heteroatoms. The third kappa shape index (κ3) is 3.15. The maximum absolute atomic E-state index is 12.0. The lowest BCUT2D eigenvalue weighted by molar-refractivity contribution is 0.0521. The minimum Gasteiger partial charge on any atom is -0.493 e. The van der Waals surface area contributed by atoms with E-state index < -0.39 is 11.7 Å². The van der Waals surface area contributed by atoms with Gasteiger partial charge in [-0.3, -0.25) is 4.98 Å². The van der Waals surface area contributed by atoms with Gasteiger partial charge < -0.3 is 23.9 Å². The van der Waals surface area contributed by atoms with Gasteiger partial charge in [-0.15, -0.1) is 0 Å². The van der Waals surface area contributed by atoms with Crippen molar-refractivity contribution in [3.63, 3.8) is 0 Å². The van der Waals surface area contributed by atoms with Crippen molar-refractivity contribution in [2.75, 3.05) is 27.9 Å². The summed E-state index contributed by atoms with van der Waals surface area (Å²) in [5.74, 6) is 0.585. The van der Waals surface area contributed by atoms with Crippen LogP contribution in [0.1, 0.15) is 17.4 Å². The highest BCUT2D eigenvalue weighted by molar-refractivity contribution is 5.94. The maximum atomic E-state index is 12.0. The van der Waals surface area contributed by atoms with E-state index in [1.165, 1.54) is 21.3 Å². The third-order valence-corrected chi connectivity index (χ3v) is 3.16. The van der Waals surface area contributed by atoms with Crippen LogP contribution < -0.4 is 19.9 Å². The van der Waals surface area contributed by atoms with Crippen LogP contribution in [0.2, 0.25) is 0 Å². The number of carbonyl (C=O) groups is 1. The van der Waals surface area contributed by atoms with Crippen molar-refractivity contribution in [1.29, 1.82) is 0 Å². The number of H-pyrrole nitrogens is 2. The molecule has 8 nitrogen and oxygen atoms in total. The molecule has 0 atom stereocenters. The number of esters is 1. The summed E-state index contributed by atoms with van der Waals surface area (Å²) < 4.78 is 20.7. The molecular formula is C15H18N2O6. The van der Waals surface area contributed by atoms with Crippen LogP contribution in [0.3, 0.4) is 0 Å². The van der Waals surface area contributed by atoms with Crippen molar-refractivity contribution in [1.82, 2.24) is 9.97 Å². The Balaban J connectivity index is 2.63. The van der Waals surface area contributed by atoms with Crippen LogP contribution in [0.4, 0.5) is 0 Å². The molecule has 1 heterocycles. The van der Waals surface area contributed by atoms with Gasteiger partial charge in [-0.1, -0.05) is 0 Å². The average molecular weight is 322 g/mol. The summed E-state index contributed by atoms with van der Waals surface area (Å²) >= 11 is 0. The zero-order chi connectivity index (χ0) is 17.0. The van der Waals surface area contributed by atoms with Crippen molar-refractivity contribution >= 4 is 5.97 Å². The number of imidazole rings is 1. The third-order valence-electron chi connectivity index (χ3n) is 3.16. The molecule has 0 spiro atoms. The second-order valence-electron chi connectivity index (χ2n) is 4.46. The summed E-state index contributed by atoms with van der Waals surface area (Å²) in [7, 11) is 4.45. The number of benzene rings is 1. The fraction of sp³-hybridized carbons (Fsp3) is 0.333. The van der Waals surface area contributed by atoms with Gasteiger partial charge in [-0.25, -0.2) is 9.59 Å². The van der Waals surface area contributed by atoms with Crippen LogP contribution in [-0.2, 0) is 4.74 Å². The first kappa shape index (κ1) is 16.5. The van der Waals surface area contributed by atoms with Crippen molar-refractivity contribution < 1.29 is 23.7 Å². The van der Waals surface area contributed by atoms with Crippen LogP contribution in [-0.4, -0.2) is 43.9 Å². The lowest BCUT2D eigenvalue weighted by Crippen LogP contribution is -2.08. The molecule has 0 aliphatic heterocycles. The van der Waals surface area contributed by atoms with E-state index in [-0.39, 0.29) is 18.0 Å². The van der Waals surface area contributed by atoms with Crippen molar-refractivity contribution in [2.24, 2.45) is 0 Å². The highest BCUT2D eigenvalue weighted by atomic mass is 16.5. The fourth-order valence-electron chi connectivity index (χ4n) is 2.18. The second kappa shape index (κ2) is 6.91. The molecule has 0 aliphatic carbocycles. The van der Waals surface area contributed by atoms with E-state index >= 15 is 0 Å². The molecule has 0 saturated carbocycles. The Morgan fingerprint density at radius 2 is 1.65 bits per heavy atom. The second-order valence-corrected chi connectivity index (χ2v) is 4.46. The quantitative estimate of drug-likeness (QED) is 0.783. The molecule has 0 amide bonds. The van der Waals surface area contributed by atoms with E-state index in [4.69, 9.17) is 18.9 Å². The SMILES string of the molecule is CCOC(=O)c1[nH]c(=O)[nH]c1-c1cc(OC)c(OC)c(OC)c1. The van der Waals surface area contributed by atoms with E-state index in [2.05, 4.69) is 9.97 Å². The van der Waals surface area contributed by atoms with E-state index in [1.54, 1.807) is 19.1 Å². The molecule has 23 heavy (non-hydrogen) atoms. The lowest BCUT2D eigenvalue weighted by atomic mass is 10.1. The molecule has 2 rings (SSSR count). The van der Waals surface area contributed by atoms with Crippen molar-refractivity contribution in [2.45, 2.75) is 6.92 Å². The number of aromatic amines is 2. The van der Waals surface area contributed by atoms with Gasteiger partial charge in [0.2, 0.25) is 5.75 Å². The smallest absolute Gasteiger partial charge is 0.357 e. The number of carbonyl (C=O) groups excluding carboxylic acids is 1. The summed E-state index contributed by atoms with van der Waals surface area (Å²) in [5.41, 5.74) is 0.316. The predicted molar refractivity (Wildman–Crippen MR) is 82.5 cm³/mol. The van der Waals surface area contributed by atoms with Crippen LogP contribution in [0.5, 0.6) is 17.2 Å². The molecule has 0 unspecified atom stereocenters. The Labute approximate surface area is 132 Å². The van der Waals surface area contributed by atoms with Gasteiger partial charge in [0.15, 0.2) is 17.2 Å². The molecule has 0 saturated heterocycles. The topological polar surface area (TPSA) is 103 Å². The largest absolute Gasteiger partial charge is 0.493 e. The van der Waals surface area contributed by atoms with Gasteiger partial charge in [-0.2, -0.15) is 0 Å². The summed E-state index contributed by atoms with van der Waals surface area (Å²) in [4.78, 5) is 28.6. The monoisotopic (exact) mass is 322 g/mol. The number of nitrogens with one attached hydrogen (secondary N) is 2. The molecular weight excluding hydrogens is 304 g/mol. The molecule has 1 aromatic carbocycles. The van der Waals surface area contributed by atoms with E-state index in [0.717, 1.165) is 0 Å². The molecule has 124 valence electrons. The zero-order valence-electron chi connectivity index (χ0n) is 13.3. The van der Waals surface area contributed by atoms with Crippen molar-refractivity contribution in [3.05, 3.63) is 28.3 Å². The molecule has 2 N–H and O–H groups in total. The molecule has 2 aromatic rings. The number of hydrogen-bond donors (Lipinski definition) is 2. The predicted octanol–water partition coefficient (Wildman–Crippen LogP) is 1.57. The Bertz CT molecular complexity index is 737. The summed E-state index contributed by atoms with van der Waals surface area (Å²) in [6, 6.07) is 3.26. The van der Waals surface area contributed by atoms with Crippen LogP contribution in [0.15, 0.2) is 16.9 Å². The highest BCUT2D eigenvalue weighted by Gasteiger charge is 2.21. The van der Waals surface area contributed by atoms with Crippen LogP contribution in [0.25, 0.3) is 11.3 Å². The molecule has 0 fully saturated rings. The van der Waals surface area contributed by atoms with E-state index in [1.807, 2.05) is 0 Å². The van der Waals surface area contributed by atoms with Crippen LogP contribution in [0, 0.1) is 0 Å². The number of methoxy groups -OCH3 is 3. The van der Waals surface area contributed by atoms with E-state index in [9.17, 15) is 9.59 Å². The molecule has 0 bridgehead atoms. The normalized spacial score (nSPS) is 10.3. The first-order valence-electron chi connectivity index (χ1n) is 6.85. The van der Waals surface area contributed by atoms with Gasteiger partial charge in [0, 0.05) is 5.56 Å². The van der Waals surface area contributed by atoms with Gasteiger partial charge in [0.05, 0.1) is 33.6 Å². The summed E-state index contributed by atoms with van der Waals surface area (Å²) in [6.45, 7) is 1.88. The minimum absolute atomic E-state index is 0.0334.